The van der Waals surface area contributed by atoms with Gasteiger partial charge < -0.3 is 10.5 Å². The first-order valence-corrected chi connectivity index (χ1v) is 8.34. The van der Waals surface area contributed by atoms with E-state index in [0.29, 0.717) is 0 Å². The van der Waals surface area contributed by atoms with Gasteiger partial charge in [-0.15, -0.1) is 0 Å². The van der Waals surface area contributed by atoms with Crippen LogP contribution >= 0.6 is 11.8 Å². The van der Waals surface area contributed by atoms with E-state index in [2.05, 4.69) is 19.1 Å². The number of aryl methyl sites for hydroxylation is 1. The molecule has 2 rings (SSSR count). The SMILES string of the molecule is COc1ccc(C)cc1C(N)CSCC1CCCC1. The van der Waals surface area contributed by atoms with Gasteiger partial charge >= 0.3 is 0 Å². The molecule has 1 unspecified atom stereocenters. The molecule has 1 saturated carbocycles. The van der Waals surface area contributed by atoms with Gasteiger partial charge in [0.1, 0.15) is 5.75 Å². The molecule has 0 heterocycles. The van der Waals surface area contributed by atoms with E-state index in [1.165, 1.54) is 37.0 Å². The zero-order chi connectivity index (χ0) is 13.7. The zero-order valence-electron chi connectivity index (χ0n) is 12.0. The molecular formula is C16H25NOS. The van der Waals surface area contributed by atoms with E-state index < -0.39 is 0 Å². The summed E-state index contributed by atoms with van der Waals surface area (Å²) < 4.78 is 5.41. The molecule has 106 valence electrons. The van der Waals surface area contributed by atoms with E-state index >= 15 is 0 Å². The average Bonchev–Trinajstić information content (AvgIpc) is 2.91. The van der Waals surface area contributed by atoms with Gasteiger partial charge in [-0.2, -0.15) is 11.8 Å². The largest absolute Gasteiger partial charge is 0.496 e. The zero-order valence-corrected chi connectivity index (χ0v) is 12.8. The minimum Gasteiger partial charge on any atom is -0.496 e. The van der Waals surface area contributed by atoms with Gasteiger partial charge in [-0.05, 0) is 37.5 Å². The molecule has 3 heteroatoms. The molecule has 0 aliphatic heterocycles. The number of nitrogens with two attached hydrogens (primary N) is 1. The molecule has 0 radical (unpaired) electrons. The van der Waals surface area contributed by atoms with Crippen molar-refractivity contribution in [1.29, 1.82) is 0 Å². The fourth-order valence-corrected chi connectivity index (χ4v) is 4.01. The van der Waals surface area contributed by atoms with Gasteiger partial charge in [-0.3, -0.25) is 0 Å². The predicted octanol–water partition coefficient (Wildman–Crippen LogP) is 3.93. The standard InChI is InChI=1S/C16H25NOS/c1-12-7-8-16(18-2)14(9-12)15(17)11-19-10-13-5-3-4-6-13/h7-9,13,15H,3-6,10-11,17H2,1-2H3. The number of methoxy groups -OCH3 is 1. The van der Waals surface area contributed by atoms with Crippen molar-refractivity contribution in [2.75, 3.05) is 18.6 Å². The lowest BCUT2D eigenvalue weighted by Crippen LogP contribution is -2.15. The summed E-state index contributed by atoms with van der Waals surface area (Å²) in [6, 6.07) is 6.31. The van der Waals surface area contributed by atoms with E-state index in [-0.39, 0.29) is 6.04 Å². The van der Waals surface area contributed by atoms with Crippen LogP contribution in [-0.4, -0.2) is 18.6 Å². The lowest BCUT2D eigenvalue weighted by atomic mass is 10.1. The van der Waals surface area contributed by atoms with E-state index in [0.717, 1.165) is 23.0 Å². The fraction of sp³-hybridized carbons (Fsp3) is 0.625. The summed E-state index contributed by atoms with van der Waals surface area (Å²) in [4.78, 5) is 0. The Bertz CT molecular complexity index is 402. The maximum absolute atomic E-state index is 6.32. The molecule has 2 nitrogen and oxygen atoms in total. The highest BCUT2D eigenvalue weighted by Gasteiger charge is 2.17. The van der Waals surface area contributed by atoms with Crippen LogP contribution in [0.4, 0.5) is 0 Å². The quantitative estimate of drug-likeness (QED) is 0.857. The molecule has 1 aliphatic carbocycles. The number of benzene rings is 1. The van der Waals surface area contributed by atoms with Gasteiger partial charge in [0.05, 0.1) is 7.11 Å². The van der Waals surface area contributed by atoms with Crippen LogP contribution < -0.4 is 10.5 Å². The summed E-state index contributed by atoms with van der Waals surface area (Å²) in [5.41, 5.74) is 8.71. The van der Waals surface area contributed by atoms with Crippen LogP contribution in [0.15, 0.2) is 18.2 Å². The lowest BCUT2D eigenvalue weighted by molar-refractivity contribution is 0.407. The van der Waals surface area contributed by atoms with E-state index in [1.54, 1.807) is 7.11 Å². The Balaban J connectivity index is 1.87. The molecule has 2 N–H and O–H groups in total. The van der Waals surface area contributed by atoms with Crippen molar-refractivity contribution in [3.8, 4) is 5.75 Å². The maximum Gasteiger partial charge on any atom is 0.123 e. The van der Waals surface area contributed by atoms with E-state index in [9.17, 15) is 0 Å². The van der Waals surface area contributed by atoms with Gasteiger partial charge in [-0.25, -0.2) is 0 Å². The minimum absolute atomic E-state index is 0.0706. The molecule has 1 aliphatic rings. The van der Waals surface area contributed by atoms with E-state index in [1.807, 2.05) is 17.8 Å². The van der Waals surface area contributed by atoms with Gasteiger partial charge in [-0.1, -0.05) is 30.5 Å². The molecule has 0 aromatic heterocycles. The third-order valence-electron chi connectivity index (χ3n) is 3.91. The van der Waals surface area contributed by atoms with Gasteiger partial charge in [0.15, 0.2) is 0 Å². The van der Waals surface area contributed by atoms with Crippen molar-refractivity contribution < 1.29 is 4.74 Å². The topological polar surface area (TPSA) is 35.2 Å². The number of hydrogen-bond acceptors (Lipinski definition) is 3. The number of ether oxygens (including phenoxy) is 1. The van der Waals surface area contributed by atoms with Crippen LogP contribution in [0.25, 0.3) is 0 Å². The first kappa shape index (κ1) is 14.7. The van der Waals surface area contributed by atoms with Crippen LogP contribution in [0.1, 0.15) is 42.9 Å². The van der Waals surface area contributed by atoms with Crippen molar-refractivity contribution in [3.05, 3.63) is 29.3 Å². The second-order valence-electron chi connectivity index (χ2n) is 5.54. The summed E-state index contributed by atoms with van der Waals surface area (Å²) in [5, 5.41) is 0. The molecule has 0 spiro atoms. The molecule has 0 amide bonds. The lowest BCUT2D eigenvalue weighted by Gasteiger charge is -2.17. The van der Waals surface area contributed by atoms with Crippen LogP contribution in [0.2, 0.25) is 0 Å². The molecule has 0 saturated heterocycles. The second kappa shape index (κ2) is 7.20. The normalized spacial score (nSPS) is 17.6. The number of hydrogen-bond donors (Lipinski definition) is 1. The Morgan fingerprint density at radius 2 is 2.11 bits per heavy atom. The maximum atomic E-state index is 6.32. The molecule has 1 atom stereocenters. The predicted molar refractivity (Wildman–Crippen MR) is 83.9 cm³/mol. The summed E-state index contributed by atoms with van der Waals surface area (Å²) in [7, 11) is 1.71. The van der Waals surface area contributed by atoms with Crippen LogP contribution in [0.5, 0.6) is 5.75 Å². The van der Waals surface area contributed by atoms with Crippen LogP contribution in [0.3, 0.4) is 0 Å². The summed E-state index contributed by atoms with van der Waals surface area (Å²) in [6.45, 7) is 2.10. The Morgan fingerprint density at radius 1 is 1.37 bits per heavy atom. The van der Waals surface area contributed by atoms with Crippen molar-refractivity contribution >= 4 is 11.8 Å². The number of rotatable bonds is 6. The fourth-order valence-electron chi connectivity index (χ4n) is 2.77. The number of thioether (sulfide) groups is 1. The van der Waals surface area contributed by atoms with Crippen molar-refractivity contribution in [3.63, 3.8) is 0 Å². The first-order valence-electron chi connectivity index (χ1n) is 7.18. The molecular weight excluding hydrogens is 254 g/mol. The molecule has 1 aromatic carbocycles. The van der Waals surface area contributed by atoms with E-state index in [4.69, 9.17) is 10.5 Å². The van der Waals surface area contributed by atoms with Crippen LogP contribution in [0, 0.1) is 12.8 Å². The van der Waals surface area contributed by atoms with Crippen molar-refractivity contribution in [1.82, 2.24) is 0 Å². The average molecular weight is 279 g/mol. The summed E-state index contributed by atoms with van der Waals surface area (Å²) in [5.74, 6) is 4.09. The summed E-state index contributed by atoms with van der Waals surface area (Å²) >= 11 is 2.00. The Labute approximate surface area is 121 Å². The van der Waals surface area contributed by atoms with Crippen molar-refractivity contribution in [2.24, 2.45) is 11.7 Å². The highest BCUT2D eigenvalue weighted by Crippen LogP contribution is 2.31. The Kier molecular flexibility index (Phi) is 5.59. The first-order chi connectivity index (χ1) is 9.20. The highest BCUT2D eigenvalue weighted by atomic mass is 32.2. The summed E-state index contributed by atoms with van der Waals surface area (Å²) in [6.07, 6.45) is 5.66. The third kappa shape index (κ3) is 4.15. The highest BCUT2D eigenvalue weighted by molar-refractivity contribution is 7.99. The smallest absolute Gasteiger partial charge is 0.123 e. The third-order valence-corrected chi connectivity index (χ3v) is 5.21. The monoisotopic (exact) mass is 279 g/mol. The minimum atomic E-state index is 0.0706. The van der Waals surface area contributed by atoms with Gasteiger partial charge in [0.2, 0.25) is 0 Å². The molecule has 0 bridgehead atoms. The molecule has 1 aromatic rings. The molecule has 1 fully saturated rings. The van der Waals surface area contributed by atoms with Gasteiger partial charge in [0, 0.05) is 17.4 Å². The van der Waals surface area contributed by atoms with Crippen LogP contribution in [-0.2, 0) is 0 Å². The second-order valence-corrected chi connectivity index (χ2v) is 6.61. The molecule has 19 heavy (non-hydrogen) atoms. The Morgan fingerprint density at radius 3 is 2.79 bits per heavy atom. The van der Waals surface area contributed by atoms with Gasteiger partial charge in [0.25, 0.3) is 0 Å². The van der Waals surface area contributed by atoms with Crippen molar-refractivity contribution in [2.45, 2.75) is 38.6 Å². The Hall–Kier alpha value is -0.670.